The molecule has 0 saturated heterocycles. The molecule has 0 heterocycles. The molecule has 3 heteroatoms. The second-order valence-corrected chi connectivity index (χ2v) is 2.59. The van der Waals surface area contributed by atoms with Gasteiger partial charge in [0.2, 0.25) is 5.91 Å². The van der Waals surface area contributed by atoms with Gasteiger partial charge in [0.25, 0.3) is 0 Å². The molecule has 11 heavy (non-hydrogen) atoms. The van der Waals surface area contributed by atoms with E-state index in [1.165, 1.54) is 0 Å². The molecule has 0 aromatic carbocycles. The van der Waals surface area contributed by atoms with Crippen LogP contribution in [0.2, 0.25) is 0 Å². The smallest absolute Gasteiger partial charge is 0.247 e. The summed E-state index contributed by atoms with van der Waals surface area (Å²) in [5.74, 6) is -0.0923. The van der Waals surface area contributed by atoms with Crippen LogP contribution >= 0.6 is 0 Å². The Kier molecular flexibility index (Phi) is 2.27. The van der Waals surface area contributed by atoms with Gasteiger partial charge in [-0.25, -0.2) is 0 Å². The van der Waals surface area contributed by atoms with Crippen LogP contribution in [0.4, 0.5) is 0 Å². The zero-order chi connectivity index (χ0) is 8.27. The first kappa shape index (κ1) is 7.80. The molecular weight excluding hydrogens is 140 g/mol. The molecule has 3 nitrogen and oxygen atoms in total. The monoisotopic (exact) mass is 150 g/mol. The second-order valence-electron chi connectivity index (χ2n) is 2.59. The van der Waals surface area contributed by atoms with Crippen LogP contribution in [-0.2, 0) is 4.79 Å². The summed E-state index contributed by atoms with van der Waals surface area (Å²) in [6, 6.07) is 1.55. The summed E-state index contributed by atoms with van der Waals surface area (Å²) < 4.78 is 0. The van der Waals surface area contributed by atoms with Crippen molar-refractivity contribution in [2.75, 3.05) is 0 Å². The Bertz CT molecular complexity index is 237. The van der Waals surface area contributed by atoms with Crippen molar-refractivity contribution < 1.29 is 4.79 Å². The number of nitriles is 1. The molecule has 58 valence electrons. The average Bonchev–Trinajstić information content (AvgIpc) is 1.83. The van der Waals surface area contributed by atoms with E-state index in [0.717, 1.165) is 18.4 Å². The Morgan fingerprint density at radius 2 is 2.55 bits per heavy atom. The molecule has 0 bridgehead atoms. The third-order valence-corrected chi connectivity index (χ3v) is 1.64. The lowest BCUT2D eigenvalue weighted by atomic mass is 9.98. The first-order valence-electron chi connectivity index (χ1n) is 3.63. The summed E-state index contributed by atoms with van der Waals surface area (Å²) in [6.45, 7) is 1.66. The molecule has 0 spiro atoms. The molecule has 0 aromatic heterocycles. The van der Waals surface area contributed by atoms with Gasteiger partial charge >= 0.3 is 0 Å². The summed E-state index contributed by atoms with van der Waals surface area (Å²) in [7, 11) is 0. The van der Waals surface area contributed by atoms with Crippen molar-refractivity contribution in [1.29, 1.82) is 5.26 Å². The second kappa shape index (κ2) is 3.20. The molecule has 1 aliphatic carbocycles. The third-order valence-electron chi connectivity index (χ3n) is 1.64. The average molecular weight is 150 g/mol. The number of allylic oxidation sites excluding steroid dienone is 1. The highest BCUT2D eigenvalue weighted by Crippen LogP contribution is 2.17. The third kappa shape index (κ3) is 1.81. The molecule has 0 saturated carbocycles. The molecule has 0 aliphatic heterocycles. The van der Waals surface area contributed by atoms with E-state index in [-0.39, 0.29) is 11.9 Å². The van der Waals surface area contributed by atoms with Crippen molar-refractivity contribution in [2.24, 2.45) is 0 Å². The Balaban J connectivity index is 2.39. The lowest BCUT2D eigenvalue weighted by Gasteiger charge is -2.14. The fraction of sp³-hybridized carbons (Fsp3) is 0.500. The maximum absolute atomic E-state index is 11.1. The van der Waals surface area contributed by atoms with Crippen molar-refractivity contribution >= 4 is 5.91 Å². The van der Waals surface area contributed by atoms with Crippen LogP contribution in [0, 0.1) is 11.3 Å². The van der Waals surface area contributed by atoms with Crippen molar-refractivity contribution in [1.82, 2.24) is 5.32 Å². The SMILES string of the molecule is C[C@H](C#N)NC(=O)C1=CCC1. The highest BCUT2D eigenvalue weighted by molar-refractivity contribution is 5.94. The van der Waals surface area contributed by atoms with E-state index in [1.807, 2.05) is 12.1 Å². The fourth-order valence-corrected chi connectivity index (χ4v) is 0.817. The van der Waals surface area contributed by atoms with Crippen LogP contribution in [0.5, 0.6) is 0 Å². The van der Waals surface area contributed by atoms with Crippen molar-refractivity contribution in [2.45, 2.75) is 25.8 Å². The van der Waals surface area contributed by atoms with Gasteiger partial charge in [-0.05, 0) is 19.8 Å². The lowest BCUT2D eigenvalue weighted by Crippen LogP contribution is -2.33. The highest BCUT2D eigenvalue weighted by Gasteiger charge is 2.15. The van der Waals surface area contributed by atoms with Crippen molar-refractivity contribution in [3.05, 3.63) is 11.6 Å². The van der Waals surface area contributed by atoms with Gasteiger partial charge in [-0.1, -0.05) is 6.08 Å². The van der Waals surface area contributed by atoms with Crippen LogP contribution in [0.25, 0.3) is 0 Å². The normalized spacial score (nSPS) is 17.3. The van der Waals surface area contributed by atoms with E-state index in [4.69, 9.17) is 5.26 Å². The van der Waals surface area contributed by atoms with E-state index < -0.39 is 0 Å². The quantitative estimate of drug-likeness (QED) is 0.631. The Morgan fingerprint density at radius 1 is 1.91 bits per heavy atom. The van der Waals surface area contributed by atoms with Gasteiger partial charge in [0.1, 0.15) is 6.04 Å². The van der Waals surface area contributed by atoms with E-state index in [1.54, 1.807) is 6.92 Å². The van der Waals surface area contributed by atoms with Crippen LogP contribution in [0.1, 0.15) is 19.8 Å². The Morgan fingerprint density at radius 3 is 2.91 bits per heavy atom. The molecule has 0 aromatic rings. The number of rotatable bonds is 2. The van der Waals surface area contributed by atoms with Crippen molar-refractivity contribution in [3.63, 3.8) is 0 Å². The number of hydrogen-bond acceptors (Lipinski definition) is 2. The minimum Gasteiger partial charge on any atom is -0.337 e. The minimum absolute atomic E-state index is 0.0923. The van der Waals surface area contributed by atoms with Gasteiger partial charge < -0.3 is 5.32 Å². The van der Waals surface area contributed by atoms with Gasteiger partial charge in [-0.15, -0.1) is 0 Å². The number of amides is 1. The standard InChI is InChI=1S/C8H10N2O/c1-6(5-9)10-8(11)7-3-2-4-7/h3,6H,2,4H2,1H3,(H,10,11)/t6-/m1/s1. The minimum atomic E-state index is -0.385. The largest absolute Gasteiger partial charge is 0.337 e. The maximum Gasteiger partial charge on any atom is 0.247 e. The first-order valence-corrected chi connectivity index (χ1v) is 3.63. The summed E-state index contributed by atoms with van der Waals surface area (Å²) >= 11 is 0. The number of nitrogens with zero attached hydrogens (tertiary/aromatic N) is 1. The number of hydrogen-bond donors (Lipinski definition) is 1. The summed E-state index contributed by atoms with van der Waals surface area (Å²) in [5.41, 5.74) is 0.812. The molecule has 0 fully saturated rings. The lowest BCUT2D eigenvalue weighted by molar-refractivity contribution is -0.118. The highest BCUT2D eigenvalue weighted by atomic mass is 16.1. The van der Waals surface area contributed by atoms with Gasteiger partial charge in [0.05, 0.1) is 6.07 Å². The summed E-state index contributed by atoms with van der Waals surface area (Å²) in [5, 5.41) is 10.9. The Labute approximate surface area is 65.7 Å². The molecule has 1 aliphatic rings. The van der Waals surface area contributed by atoms with E-state index in [2.05, 4.69) is 5.32 Å². The topological polar surface area (TPSA) is 52.9 Å². The van der Waals surface area contributed by atoms with Gasteiger partial charge in [0.15, 0.2) is 0 Å². The zero-order valence-electron chi connectivity index (χ0n) is 6.42. The number of nitrogens with one attached hydrogen (secondary N) is 1. The molecule has 0 radical (unpaired) electrons. The first-order chi connectivity index (χ1) is 5.24. The van der Waals surface area contributed by atoms with Crippen molar-refractivity contribution in [3.8, 4) is 6.07 Å². The van der Waals surface area contributed by atoms with Gasteiger partial charge in [-0.2, -0.15) is 5.26 Å². The summed E-state index contributed by atoms with van der Waals surface area (Å²) in [4.78, 5) is 11.1. The van der Waals surface area contributed by atoms with Gasteiger partial charge in [-0.3, -0.25) is 4.79 Å². The number of carbonyl (C=O) groups is 1. The molecular formula is C8H10N2O. The van der Waals surface area contributed by atoms with E-state index in [0.29, 0.717) is 0 Å². The fourth-order valence-electron chi connectivity index (χ4n) is 0.817. The predicted molar refractivity (Wildman–Crippen MR) is 40.5 cm³/mol. The molecule has 1 atom stereocenters. The predicted octanol–water partition coefficient (Wildman–Crippen LogP) is 0.735. The van der Waals surface area contributed by atoms with Crippen LogP contribution in [0.3, 0.4) is 0 Å². The molecule has 1 rings (SSSR count). The van der Waals surface area contributed by atoms with Crippen LogP contribution in [-0.4, -0.2) is 11.9 Å². The number of carbonyl (C=O) groups excluding carboxylic acids is 1. The molecule has 0 unspecified atom stereocenters. The van der Waals surface area contributed by atoms with Crippen LogP contribution in [0.15, 0.2) is 11.6 Å². The van der Waals surface area contributed by atoms with Gasteiger partial charge in [0, 0.05) is 5.57 Å². The summed E-state index contributed by atoms with van der Waals surface area (Å²) in [6.07, 6.45) is 3.73. The van der Waals surface area contributed by atoms with Crippen LogP contribution < -0.4 is 5.32 Å². The molecule has 1 N–H and O–H groups in total. The molecule has 1 amide bonds. The zero-order valence-corrected chi connectivity index (χ0v) is 6.42. The maximum atomic E-state index is 11.1. The van der Waals surface area contributed by atoms with E-state index >= 15 is 0 Å². The Hall–Kier alpha value is -1.30. The van der Waals surface area contributed by atoms with E-state index in [9.17, 15) is 4.79 Å².